The molecule has 2 aliphatic heterocycles. The minimum Gasteiger partial charge on any atom is -0.364 e. The number of ether oxygens (including phenoxy) is 1. The predicted octanol–water partition coefficient (Wildman–Crippen LogP) is 0.588. The van der Waals surface area contributed by atoms with Gasteiger partial charge in [-0.3, -0.25) is 9.59 Å². The molecule has 1 saturated heterocycles. The molecule has 3 rings (SSSR count). The standard InChI is InChI=1S/C17H23N3O3/c18-10-13-7-8-15(23-13)17(22)19-11-16(21)20-9-3-5-12-4-1-2-6-14(12)20/h1-2,4,6,13,15H,3,5,7-11,18H2,(H,19,22)/t13-,15+/m1/s1. The number of para-hydroxylation sites is 1. The van der Waals surface area contributed by atoms with Gasteiger partial charge in [0.2, 0.25) is 11.8 Å². The maximum absolute atomic E-state index is 12.5. The van der Waals surface area contributed by atoms with E-state index in [0.29, 0.717) is 19.5 Å². The highest BCUT2D eigenvalue weighted by molar-refractivity contribution is 5.98. The third-order valence-corrected chi connectivity index (χ3v) is 4.49. The maximum atomic E-state index is 12.5. The van der Waals surface area contributed by atoms with Gasteiger partial charge in [-0.15, -0.1) is 0 Å². The molecule has 0 aromatic heterocycles. The van der Waals surface area contributed by atoms with Crippen molar-refractivity contribution in [1.29, 1.82) is 0 Å². The molecule has 6 heteroatoms. The number of nitrogens with zero attached hydrogens (tertiary/aromatic N) is 1. The number of benzene rings is 1. The number of nitrogens with two attached hydrogens (primary N) is 1. The van der Waals surface area contributed by atoms with Gasteiger partial charge in [-0.05, 0) is 37.3 Å². The van der Waals surface area contributed by atoms with Gasteiger partial charge in [-0.2, -0.15) is 0 Å². The lowest BCUT2D eigenvalue weighted by molar-refractivity contribution is -0.133. The van der Waals surface area contributed by atoms with Gasteiger partial charge in [0, 0.05) is 18.8 Å². The third-order valence-electron chi connectivity index (χ3n) is 4.49. The lowest BCUT2D eigenvalue weighted by Gasteiger charge is -2.29. The van der Waals surface area contributed by atoms with Gasteiger partial charge in [0.15, 0.2) is 0 Å². The van der Waals surface area contributed by atoms with Crippen molar-refractivity contribution in [2.75, 3.05) is 24.5 Å². The lowest BCUT2D eigenvalue weighted by Crippen LogP contribution is -2.45. The summed E-state index contributed by atoms with van der Waals surface area (Å²) in [6.45, 7) is 1.12. The zero-order valence-electron chi connectivity index (χ0n) is 13.2. The van der Waals surface area contributed by atoms with E-state index in [-0.39, 0.29) is 24.5 Å². The fraction of sp³-hybridized carbons (Fsp3) is 0.529. The molecule has 2 aliphatic rings. The Morgan fingerprint density at radius 3 is 2.91 bits per heavy atom. The number of anilines is 1. The number of carbonyl (C=O) groups is 2. The molecule has 2 atom stereocenters. The van der Waals surface area contributed by atoms with E-state index >= 15 is 0 Å². The molecule has 2 heterocycles. The number of fused-ring (bicyclic) bond motifs is 1. The van der Waals surface area contributed by atoms with Crippen LogP contribution in [0.4, 0.5) is 5.69 Å². The van der Waals surface area contributed by atoms with Crippen molar-refractivity contribution in [1.82, 2.24) is 5.32 Å². The first-order valence-corrected chi connectivity index (χ1v) is 8.20. The van der Waals surface area contributed by atoms with Crippen LogP contribution in [0.3, 0.4) is 0 Å². The average molecular weight is 317 g/mol. The minimum atomic E-state index is -0.481. The van der Waals surface area contributed by atoms with Gasteiger partial charge >= 0.3 is 0 Å². The first-order valence-electron chi connectivity index (χ1n) is 8.20. The van der Waals surface area contributed by atoms with Gasteiger partial charge in [0.05, 0.1) is 12.6 Å². The van der Waals surface area contributed by atoms with Crippen LogP contribution in [0.1, 0.15) is 24.8 Å². The van der Waals surface area contributed by atoms with Crippen LogP contribution < -0.4 is 16.0 Å². The fourth-order valence-electron chi connectivity index (χ4n) is 3.24. The molecule has 0 radical (unpaired) electrons. The average Bonchev–Trinajstić information content (AvgIpc) is 3.08. The highest BCUT2D eigenvalue weighted by Crippen LogP contribution is 2.26. The van der Waals surface area contributed by atoms with Crippen molar-refractivity contribution in [3.8, 4) is 0 Å². The molecule has 6 nitrogen and oxygen atoms in total. The first kappa shape index (κ1) is 16.0. The molecule has 0 saturated carbocycles. The van der Waals surface area contributed by atoms with E-state index in [1.165, 1.54) is 5.56 Å². The molecule has 0 aliphatic carbocycles. The summed E-state index contributed by atoms with van der Waals surface area (Å²) in [6, 6.07) is 7.93. The molecule has 0 spiro atoms. The van der Waals surface area contributed by atoms with E-state index in [0.717, 1.165) is 24.9 Å². The monoisotopic (exact) mass is 317 g/mol. The Morgan fingerprint density at radius 2 is 2.13 bits per heavy atom. The molecule has 124 valence electrons. The van der Waals surface area contributed by atoms with E-state index in [1.54, 1.807) is 4.90 Å². The highest BCUT2D eigenvalue weighted by Gasteiger charge is 2.30. The second-order valence-electron chi connectivity index (χ2n) is 6.06. The summed E-state index contributed by atoms with van der Waals surface area (Å²) in [5, 5.41) is 2.70. The summed E-state index contributed by atoms with van der Waals surface area (Å²) in [5.74, 6) is -0.307. The van der Waals surface area contributed by atoms with E-state index in [9.17, 15) is 9.59 Å². The number of hydrogen-bond donors (Lipinski definition) is 2. The van der Waals surface area contributed by atoms with Crippen molar-refractivity contribution in [2.45, 2.75) is 37.9 Å². The zero-order valence-corrected chi connectivity index (χ0v) is 13.2. The summed E-state index contributed by atoms with van der Waals surface area (Å²) in [4.78, 5) is 26.3. The van der Waals surface area contributed by atoms with E-state index in [2.05, 4.69) is 5.32 Å². The van der Waals surface area contributed by atoms with Crippen LogP contribution in [0.25, 0.3) is 0 Å². The van der Waals surface area contributed by atoms with Crippen molar-refractivity contribution < 1.29 is 14.3 Å². The molecular formula is C17H23N3O3. The Bertz CT molecular complexity index is 590. The summed E-state index contributed by atoms with van der Waals surface area (Å²) >= 11 is 0. The van der Waals surface area contributed by atoms with Crippen LogP contribution in [0.2, 0.25) is 0 Å². The Labute approximate surface area is 136 Å². The molecule has 1 aromatic carbocycles. The Kier molecular flexibility index (Phi) is 4.93. The Balaban J connectivity index is 1.55. The summed E-state index contributed by atoms with van der Waals surface area (Å²) in [6.07, 6.45) is 2.86. The summed E-state index contributed by atoms with van der Waals surface area (Å²) < 4.78 is 5.54. The molecule has 1 fully saturated rings. The lowest BCUT2D eigenvalue weighted by atomic mass is 10.0. The second-order valence-corrected chi connectivity index (χ2v) is 6.06. The number of aryl methyl sites for hydroxylation is 1. The molecule has 2 amide bonds. The topological polar surface area (TPSA) is 84.7 Å². The Morgan fingerprint density at radius 1 is 1.30 bits per heavy atom. The van der Waals surface area contributed by atoms with Gasteiger partial charge in [-0.25, -0.2) is 0 Å². The number of rotatable bonds is 4. The largest absolute Gasteiger partial charge is 0.364 e. The minimum absolute atomic E-state index is 0.000317. The number of amides is 2. The van der Waals surface area contributed by atoms with Crippen LogP contribution in [0.15, 0.2) is 24.3 Å². The molecule has 23 heavy (non-hydrogen) atoms. The first-order chi connectivity index (χ1) is 11.2. The van der Waals surface area contributed by atoms with Crippen molar-refractivity contribution in [3.05, 3.63) is 29.8 Å². The van der Waals surface area contributed by atoms with Crippen molar-refractivity contribution >= 4 is 17.5 Å². The molecular weight excluding hydrogens is 294 g/mol. The number of carbonyl (C=O) groups excluding carboxylic acids is 2. The smallest absolute Gasteiger partial charge is 0.249 e. The van der Waals surface area contributed by atoms with Gasteiger partial charge in [-0.1, -0.05) is 18.2 Å². The zero-order chi connectivity index (χ0) is 16.2. The summed E-state index contributed by atoms with van der Waals surface area (Å²) in [5.41, 5.74) is 7.68. The quantitative estimate of drug-likeness (QED) is 0.851. The fourth-order valence-corrected chi connectivity index (χ4v) is 3.24. The maximum Gasteiger partial charge on any atom is 0.249 e. The van der Waals surface area contributed by atoms with Crippen LogP contribution >= 0.6 is 0 Å². The van der Waals surface area contributed by atoms with Gasteiger partial charge in [0.1, 0.15) is 6.10 Å². The van der Waals surface area contributed by atoms with Crippen LogP contribution in [0.5, 0.6) is 0 Å². The third kappa shape index (κ3) is 3.54. The molecule has 1 aromatic rings. The van der Waals surface area contributed by atoms with E-state index in [1.807, 2.05) is 24.3 Å². The molecule has 3 N–H and O–H groups in total. The van der Waals surface area contributed by atoms with Crippen LogP contribution in [-0.4, -0.2) is 43.7 Å². The molecule has 0 bridgehead atoms. The SMILES string of the molecule is NC[C@H]1CC[C@@H](C(=O)NCC(=O)N2CCCc3ccccc32)O1. The number of nitrogens with one attached hydrogen (secondary N) is 1. The van der Waals surface area contributed by atoms with Crippen molar-refractivity contribution in [3.63, 3.8) is 0 Å². The predicted molar refractivity (Wildman–Crippen MR) is 87.1 cm³/mol. The van der Waals surface area contributed by atoms with Gasteiger partial charge < -0.3 is 20.7 Å². The van der Waals surface area contributed by atoms with Crippen LogP contribution in [-0.2, 0) is 20.7 Å². The van der Waals surface area contributed by atoms with Crippen LogP contribution in [0, 0.1) is 0 Å². The second kappa shape index (κ2) is 7.10. The molecule has 0 unspecified atom stereocenters. The van der Waals surface area contributed by atoms with E-state index < -0.39 is 6.10 Å². The summed E-state index contributed by atoms with van der Waals surface area (Å²) in [7, 11) is 0. The number of hydrogen-bond acceptors (Lipinski definition) is 4. The van der Waals surface area contributed by atoms with Gasteiger partial charge in [0.25, 0.3) is 0 Å². The van der Waals surface area contributed by atoms with Crippen molar-refractivity contribution in [2.24, 2.45) is 5.73 Å². The van der Waals surface area contributed by atoms with E-state index in [4.69, 9.17) is 10.5 Å². The highest BCUT2D eigenvalue weighted by atomic mass is 16.5. The normalized spacial score (nSPS) is 23.4. The Hall–Kier alpha value is -1.92.